The fraction of sp³-hybridized carbons (Fsp3) is 0.538. The third-order valence-electron chi connectivity index (χ3n) is 2.41. The van der Waals surface area contributed by atoms with Crippen LogP contribution in [0.25, 0.3) is 0 Å². The van der Waals surface area contributed by atoms with Crippen molar-refractivity contribution in [3.05, 3.63) is 35.4 Å². The lowest BCUT2D eigenvalue weighted by atomic mass is 10.1. The van der Waals surface area contributed by atoms with Crippen molar-refractivity contribution < 1.29 is 9.47 Å². The SMILES string of the molecule is COCc1ccc(CNC(C)COC)cc1. The molecule has 0 amide bonds. The smallest absolute Gasteiger partial charge is 0.0713 e. The van der Waals surface area contributed by atoms with Crippen molar-refractivity contribution in [2.75, 3.05) is 20.8 Å². The highest BCUT2D eigenvalue weighted by atomic mass is 16.5. The summed E-state index contributed by atoms with van der Waals surface area (Å²) >= 11 is 0. The minimum Gasteiger partial charge on any atom is -0.383 e. The van der Waals surface area contributed by atoms with Gasteiger partial charge in [-0.25, -0.2) is 0 Å². The normalized spacial score (nSPS) is 12.7. The summed E-state index contributed by atoms with van der Waals surface area (Å²) in [6, 6.07) is 8.83. The lowest BCUT2D eigenvalue weighted by molar-refractivity contribution is 0.171. The number of rotatable bonds is 7. The molecule has 3 heteroatoms. The van der Waals surface area contributed by atoms with Crippen LogP contribution < -0.4 is 5.32 Å². The predicted molar refractivity (Wildman–Crippen MR) is 65.3 cm³/mol. The summed E-state index contributed by atoms with van der Waals surface area (Å²) in [4.78, 5) is 0. The van der Waals surface area contributed by atoms with Crippen molar-refractivity contribution >= 4 is 0 Å². The molecule has 0 bridgehead atoms. The summed E-state index contributed by atoms with van der Waals surface area (Å²) in [5.41, 5.74) is 2.49. The second kappa shape index (κ2) is 7.39. The van der Waals surface area contributed by atoms with E-state index in [2.05, 4.69) is 36.5 Å². The average Bonchev–Trinajstić information content (AvgIpc) is 2.29. The zero-order valence-electron chi connectivity index (χ0n) is 10.3. The predicted octanol–water partition coefficient (Wildman–Crippen LogP) is 1.96. The first-order chi connectivity index (χ1) is 7.76. The van der Waals surface area contributed by atoms with E-state index >= 15 is 0 Å². The lowest BCUT2D eigenvalue weighted by Gasteiger charge is -2.12. The molecule has 1 rings (SSSR count). The third-order valence-corrected chi connectivity index (χ3v) is 2.41. The average molecular weight is 223 g/mol. The van der Waals surface area contributed by atoms with Crippen molar-refractivity contribution in [2.24, 2.45) is 0 Å². The maximum absolute atomic E-state index is 5.07. The number of methoxy groups -OCH3 is 2. The maximum atomic E-state index is 5.07. The molecule has 1 atom stereocenters. The van der Waals surface area contributed by atoms with Gasteiger partial charge in [-0.3, -0.25) is 0 Å². The fourth-order valence-electron chi connectivity index (χ4n) is 1.52. The monoisotopic (exact) mass is 223 g/mol. The first-order valence-electron chi connectivity index (χ1n) is 5.55. The Labute approximate surface area is 97.8 Å². The van der Waals surface area contributed by atoms with Crippen LogP contribution in [0, 0.1) is 0 Å². The molecular formula is C13H21NO2. The van der Waals surface area contributed by atoms with Crippen LogP contribution in [0.3, 0.4) is 0 Å². The number of nitrogens with one attached hydrogen (secondary N) is 1. The van der Waals surface area contributed by atoms with Crippen LogP contribution in [0.1, 0.15) is 18.1 Å². The van der Waals surface area contributed by atoms with E-state index < -0.39 is 0 Å². The number of benzene rings is 1. The standard InChI is InChI=1S/C13H21NO2/c1-11(9-15-2)14-8-12-4-6-13(7-5-12)10-16-3/h4-7,11,14H,8-10H2,1-3H3. The van der Waals surface area contributed by atoms with Crippen LogP contribution in [0.5, 0.6) is 0 Å². The van der Waals surface area contributed by atoms with Crippen molar-refractivity contribution in [2.45, 2.75) is 26.1 Å². The van der Waals surface area contributed by atoms with Gasteiger partial charge < -0.3 is 14.8 Å². The zero-order valence-corrected chi connectivity index (χ0v) is 10.3. The Kier molecular flexibility index (Phi) is 6.08. The summed E-state index contributed by atoms with van der Waals surface area (Å²) in [5, 5.41) is 3.40. The third kappa shape index (κ3) is 4.75. The Hall–Kier alpha value is -0.900. The maximum Gasteiger partial charge on any atom is 0.0713 e. The first kappa shape index (κ1) is 13.2. The molecule has 0 fully saturated rings. The molecule has 0 aliphatic heterocycles. The number of ether oxygens (including phenoxy) is 2. The minimum atomic E-state index is 0.378. The highest BCUT2D eigenvalue weighted by molar-refractivity contribution is 5.21. The number of hydrogen-bond acceptors (Lipinski definition) is 3. The first-order valence-corrected chi connectivity index (χ1v) is 5.55. The largest absolute Gasteiger partial charge is 0.383 e. The molecule has 0 aliphatic rings. The summed E-state index contributed by atoms with van der Waals surface area (Å²) in [6.45, 7) is 4.40. The van der Waals surface area contributed by atoms with E-state index in [9.17, 15) is 0 Å². The second-order valence-electron chi connectivity index (χ2n) is 3.99. The summed E-state index contributed by atoms with van der Waals surface area (Å²) in [6.07, 6.45) is 0. The number of hydrogen-bond donors (Lipinski definition) is 1. The quantitative estimate of drug-likeness (QED) is 0.766. The molecule has 0 spiro atoms. The Balaban J connectivity index is 2.37. The van der Waals surface area contributed by atoms with E-state index in [0.29, 0.717) is 12.6 Å². The minimum absolute atomic E-state index is 0.378. The van der Waals surface area contributed by atoms with Gasteiger partial charge in [-0.1, -0.05) is 24.3 Å². The summed E-state index contributed by atoms with van der Waals surface area (Å²) in [5.74, 6) is 0. The molecule has 0 heterocycles. The molecule has 1 unspecified atom stereocenters. The summed E-state index contributed by atoms with van der Waals surface area (Å²) in [7, 11) is 3.43. The highest BCUT2D eigenvalue weighted by Gasteiger charge is 2.00. The van der Waals surface area contributed by atoms with Crippen molar-refractivity contribution in [3.63, 3.8) is 0 Å². The van der Waals surface area contributed by atoms with Crippen LogP contribution in [-0.4, -0.2) is 26.9 Å². The van der Waals surface area contributed by atoms with E-state index in [0.717, 1.165) is 13.2 Å². The summed E-state index contributed by atoms with van der Waals surface area (Å²) < 4.78 is 10.1. The molecule has 0 aliphatic carbocycles. The van der Waals surface area contributed by atoms with Gasteiger partial charge >= 0.3 is 0 Å². The van der Waals surface area contributed by atoms with Crippen molar-refractivity contribution in [1.29, 1.82) is 0 Å². The molecule has 3 nitrogen and oxygen atoms in total. The van der Waals surface area contributed by atoms with E-state index in [1.807, 2.05) is 0 Å². The van der Waals surface area contributed by atoms with Gasteiger partial charge in [-0.15, -0.1) is 0 Å². The van der Waals surface area contributed by atoms with Gasteiger partial charge in [0.25, 0.3) is 0 Å². The molecule has 0 saturated heterocycles. The molecule has 1 aromatic rings. The van der Waals surface area contributed by atoms with Crippen molar-refractivity contribution in [3.8, 4) is 0 Å². The van der Waals surface area contributed by atoms with Gasteiger partial charge in [-0.2, -0.15) is 0 Å². The van der Waals surface area contributed by atoms with Crippen LogP contribution >= 0.6 is 0 Å². The van der Waals surface area contributed by atoms with Crippen LogP contribution in [0.4, 0.5) is 0 Å². The van der Waals surface area contributed by atoms with E-state index in [4.69, 9.17) is 9.47 Å². The Morgan fingerprint density at radius 2 is 1.69 bits per heavy atom. The second-order valence-corrected chi connectivity index (χ2v) is 3.99. The van der Waals surface area contributed by atoms with Gasteiger partial charge in [0, 0.05) is 26.8 Å². The Morgan fingerprint density at radius 3 is 2.25 bits per heavy atom. The molecule has 0 radical (unpaired) electrons. The molecule has 0 aromatic heterocycles. The van der Waals surface area contributed by atoms with Gasteiger partial charge in [0.15, 0.2) is 0 Å². The van der Waals surface area contributed by atoms with Crippen LogP contribution in [-0.2, 0) is 22.6 Å². The zero-order chi connectivity index (χ0) is 11.8. The molecule has 1 aromatic carbocycles. The van der Waals surface area contributed by atoms with Crippen molar-refractivity contribution in [1.82, 2.24) is 5.32 Å². The van der Waals surface area contributed by atoms with E-state index in [-0.39, 0.29) is 0 Å². The molecule has 0 saturated carbocycles. The van der Waals surface area contributed by atoms with Gasteiger partial charge in [0.2, 0.25) is 0 Å². The highest BCUT2D eigenvalue weighted by Crippen LogP contribution is 2.05. The van der Waals surface area contributed by atoms with E-state index in [1.165, 1.54) is 11.1 Å². The Bertz CT molecular complexity index is 284. The van der Waals surface area contributed by atoms with Crippen LogP contribution in [0.2, 0.25) is 0 Å². The molecule has 16 heavy (non-hydrogen) atoms. The van der Waals surface area contributed by atoms with Crippen LogP contribution in [0.15, 0.2) is 24.3 Å². The van der Waals surface area contributed by atoms with E-state index in [1.54, 1.807) is 14.2 Å². The van der Waals surface area contributed by atoms with Gasteiger partial charge in [0.1, 0.15) is 0 Å². The molecule has 90 valence electrons. The fourth-order valence-corrected chi connectivity index (χ4v) is 1.52. The van der Waals surface area contributed by atoms with Gasteiger partial charge in [-0.05, 0) is 18.1 Å². The molecular weight excluding hydrogens is 202 g/mol. The van der Waals surface area contributed by atoms with Gasteiger partial charge in [0.05, 0.1) is 13.2 Å². The Morgan fingerprint density at radius 1 is 1.06 bits per heavy atom. The molecule has 1 N–H and O–H groups in total. The lowest BCUT2D eigenvalue weighted by Crippen LogP contribution is -2.29. The topological polar surface area (TPSA) is 30.5 Å².